The number of hydrogen-bond acceptors (Lipinski definition) is 6. The first-order valence-electron chi connectivity index (χ1n) is 10.3. The number of nitrogens with one attached hydrogen (secondary N) is 3. The van der Waals surface area contributed by atoms with Crippen molar-refractivity contribution in [2.75, 3.05) is 14.8 Å². The molecule has 0 atom stereocenters. The second-order valence-electron chi connectivity index (χ2n) is 7.29. The fraction of sp³-hybridized carbons (Fsp3) is 0. The van der Waals surface area contributed by atoms with Gasteiger partial charge in [-0.25, -0.2) is 21.8 Å². The Balaban J connectivity index is 1.40. The monoisotopic (exact) mass is 508 g/mol. The van der Waals surface area contributed by atoms with E-state index in [2.05, 4.69) is 19.7 Å². The SMILES string of the molecule is O=C(Nc1ccc(S(=O)(=O)Nc2ccccn2)cc1)c1ccc(NS(=O)(=O)c2ccccc2)cc1. The van der Waals surface area contributed by atoms with E-state index >= 15 is 0 Å². The zero-order valence-corrected chi connectivity index (χ0v) is 19.8. The Morgan fingerprint density at radius 2 is 1.17 bits per heavy atom. The molecule has 0 aliphatic heterocycles. The second kappa shape index (κ2) is 9.95. The molecule has 4 aromatic rings. The zero-order valence-electron chi connectivity index (χ0n) is 18.1. The summed E-state index contributed by atoms with van der Waals surface area (Å²) in [5.41, 5.74) is 0.988. The standard InChI is InChI=1S/C24H20N4O5S2/c29-24(18-9-11-20(12-10-18)27-34(30,31)21-6-2-1-3-7-21)26-19-13-15-22(16-14-19)35(32,33)28-23-8-4-5-17-25-23/h1-17,27H,(H,25,28)(H,26,29). The number of anilines is 3. The van der Waals surface area contributed by atoms with Crippen molar-refractivity contribution < 1.29 is 21.6 Å². The highest BCUT2D eigenvalue weighted by atomic mass is 32.2. The van der Waals surface area contributed by atoms with Gasteiger partial charge in [0.1, 0.15) is 5.82 Å². The van der Waals surface area contributed by atoms with Gasteiger partial charge in [-0.15, -0.1) is 0 Å². The fourth-order valence-electron chi connectivity index (χ4n) is 3.04. The van der Waals surface area contributed by atoms with Crippen LogP contribution in [0.5, 0.6) is 0 Å². The molecule has 11 heteroatoms. The Labute approximate surface area is 203 Å². The van der Waals surface area contributed by atoms with E-state index in [-0.39, 0.29) is 15.6 Å². The van der Waals surface area contributed by atoms with Crippen molar-refractivity contribution in [3.05, 3.63) is 109 Å². The third-order valence-electron chi connectivity index (χ3n) is 4.78. The number of carbonyl (C=O) groups excluding carboxylic acids is 1. The lowest BCUT2D eigenvalue weighted by atomic mass is 10.2. The maximum atomic E-state index is 12.6. The molecule has 1 aromatic heterocycles. The van der Waals surface area contributed by atoms with Gasteiger partial charge in [0.2, 0.25) is 0 Å². The first kappa shape index (κ1) is 23.9. The number of rotatable bonds is 8. The van der Waals surface area contributed by atoms with E-state index in [1.807, 2.05) is 0 Å². The van der Waals surface area contributed by atoms with Gasteiger partial charge < -0.3 is 5.32 Å². The predicted molar refractivity (Wildman–Crippen MR) is 133 cm³/mol. The van der Waals surface area contributed by atoms with Gasteiger partial charge in [0.05, 0.1) is 9.79 Å². The molecule has 0 bridgehead atoms. The summed E-state index contributed by atoms with van der Waals surface area (Å²) in [6.07, 6.45) is 1.47. The maximum Gasteiger partial charge on any atom is 0.263 e. The molecule has 35 heavy (non-hydrogen) atoms. The van der Waals surface area contributed by atoms with Gasteiger partial charge >= 0.3 is 0 Å². The van der Waals surface area contributed by atoms with Gasteiger partial charge in [0.25, 0.3) is 26.0 Å². The zero-order chi connectivity index (χ0) is 24.9. The average Bonchev–Trinajstić information content (AvgIpc) is 2.85. The van der Waals surface area contributed by atoms with Crippen molar-refractivity contribution in [1.82, 2.24) is 4.98 Å². The number of sulfonamides is 2. The largest absolute Gasteiger partial charge is 0.322 e. The summed E-state index contributed by atoms with van der Waals surface area (Å²) in [4.78, 5) is 16.6. The van der Waals surface area contributed by atoms with Gasteiger partial charge in [-0.05, 0) is 72.8 Å². The van der Waals surface area contributed by atoms with E-state index in [1.165, 1.54) is 72.9 Å². The fourth-order valence-corrected chi connectivity index (χ4v) is 5.13. The molecule has 1 heterocycles. The molecule has 0 fully saturated rings. The molecule has 1 amide bonds. The van der Waals surface area contributed by atoms with Crippen LogP contribution in [0.15, 0.2) is 113 Å². The topological polar surface area (TPSA) is 134 Å². The Kier molecular flexibility index (Phi) is 6.80. The first-order valence-corrected chi connectivity index (χ1v) is 13.2. The van der Waals surface area contributed by atoms with E-state index in [9.17, 15) is 21.6 Å². The van der Waals surface area contributed by atoms with Crippen molar-refractivity contribution in [3.63, 3.8) is 0 Å². The third-order valence-corrected chi connectivity index (χ3v) is 7.55. The maximum absolute atomic E-state index is 12.6. The van der Waals surface area contributed by atoms with Gasteiger partial charge in [0, 0.05) is 23.1 Å². The van der Waals surface area contributed by atoms with Crippen LogP contribution < -0.4 is 14.8 Å². The Bertz CT molecular complexity index is 1530. The van der Waals surface area contributed by atoms with Crippen molar-refractivity contribution >= 4 is 43.1 Å². The van der Waals surface area contributed by atoms with Crippen molar-refractivity contribution in [1.29, 1.82) is 0 Å². The minimum absolute atomic E-state index is 0.0104. The number of carbonyl (C=O) groups is 1. The molecule has 0 aliphatic rings. The van der Waals surface area contributed by atoms with Crippen LogP contribution in [0.2, 0.25) is 0 Å². The molecule has 0 unspecified atom stereocenters. The van der Waals surface area contributed by atoms with Crippen LogP contribution >= 0.6 is 0 Å². The number of nitrogens with zero attached hydrogens (tertiary/aromatic N) is 1. The van der Waals surface area contributed by atoms with E-state index in [0.717, 1.165) is 0 Å². The Morgan fingerprint density at radius 1 is 0.600 bits per heavy atom. The highest BCUT2D eigenvalue weighted by Gasteiger charge is 2.16. The summed E-state index contributed by atoms with van der Waals surface area (Å²) in [5.74, 6) is -0.246. The van der Waals surface area contributed by atoms with Gasteiger partial charge in [0.15, 0.2) is 0 Å². The van der Waals surface area contributed by atoms with E-state index in [1.54, 1.807) is 30.3 Å². The summed E-state index contributed by atoms with van der Waals surface area (Å²) >= 11 is 0. The Morgan fingerprint density at radius 3 is 1.80 bits per heavy atom. The molecule has 0 saturated carbocycles. The predicted octanol–water partition coefficient (Wildman–Crippen LogP) is 3.94. The van der Waals surface area contributed by atoms with Crippen molar-refractivity contribution in [2.45, 2.75) is 9.79 Å². The molecule has 3 N–H and O–H groups in total. The summed E-state index contributed by atoms with van der Waals surface area (Å²) < 4.78 is 54.7. The molecule has 178 valence electrons. The molecule has 9 nitrogen and oxygen atoms in total. The normalized spacial score (nSPS) is 11.4. The molecule has 0 spiro atoms. The second-order valence-corrected chi connectivity index (χ2v) is 10.7. The smallest absolute Gasteiger partial charge is 0.263 e. The van der Waals surface area contributed by atoms with Crippen LogP contribution in [0.25, 0.3) is 0 Å². The highest BCUT2D eigenvalue weighted by molar-refractivity contribution is 7.93. The van der Waals surface area contributed by atoms with Crippen molar-refractivity contribution in [2.24, 2.45) is 0 Å². The minimum Gasteiger partial charge on any atom is -0.322 e. The van der Waals surface area contributed by atoms with Gasteiger partial charge in [-0.3, -0.25) is 14.2 Å². The van der Waals surface area contributed by atoms with Crippen LogP contribution in [-0.4, -0.2) is 27.7 Å². The molecule has 0 aliphatic carbocycles. The molecule has 3 aromatic carbocycles. The van der Waals surface area contributed by atoms with Crippen LogP contribution in [0.1, 0.15) is 10.4 Å². The summed E-state index contributed by atoms with van der Waals surface area (Å²) in [5, 5.41) is 2.67. The van der Waals surface area contributed by atoms with Crippen LogP contribution in [0, 0.1) is 0 Å². The lowest BCUT2D eigenvalue weighted by Gasteiger charge is -2.10. The van der Waals surface area contributed by atoms with Crippen LogP contribution in [0.3, 0.4) is 0 Å². The number of benzene rings is 3. The average molecular weight is 509 g/mol. The summed E-state index contributed by atoms with van der Waals surface area (Å²) in [6, 6.07) is 24.4. The summed E-state index contributed by atoms with van der Waals surface area (Å²) in [7, 11) is -7.57. The van der Waals surface area contributed by atoms with Gasteiger partial charge in [-0.1, -0.05) is 24.3 Å². The van der Waals surface area contributed by atoms with E-state index in [0.29, 0.717) is 16.9 Å². The van der Waals surface area contributed by atoms with Gasteiger partial charge in [-0.2, -0.15) is 0 Å². The Hall–Kier alpha value is -4.22. The lowest BCUT2D eigenvalue weighted by Crippen LogP contribution is -2.15. The molecule has 0 radical (unpaired) electrons. The first-order chi connectivity index (χ1) is 16.7. The third kappa shape index (κ3) is 6.02. The number of amides is 1. The number of pyridine rings is 1. The minimum atomic E-state index is -3.83. The number of hydrogen-bond donors (Lipinski definition) is 3. The van der Waals surface area contributed by atoms with Crippen LogP contribution in [-0.2, 0) is 20.0 Å². The molecule has 4 rings (SSSR count). The van der Waals surface area contributed by atoms with Crippen molar-refractivity contribution in [3.8, 4) is 0 Å². The lowest BCUT2D eigenvalue weighted by molar-refractivity contribution is 0.102. The molecule has 0 saturated heterocycles. The summed E-state index contributed by atoms with van der Waals surface area (Å²) in [6.45, 7) is 0. The van der Waals surface area contributed by atoms with E-state index < -0.39 is 26.0 Å². The number of aromatic nitrogens is 1. The van der Waals surface area contributed by atoms with E-state index in [4.69, 9.17) is 0 Å². The molecular weight excluding hydrogens is 488 g/mol. The highest BCUT2D eigenvalue weighted by Crippen LogP contribution is 2.19. The molecular formula is C24H20N4O5S2. The van der Waals surface area contributed by atoms with Crippen LogP contribution in [0.4, 0.5) is 17.2 Å². The quantitative estimate of drug-likeness (QED) is 0.330.